The average Bonchev–Trinajstić information content (AvgIpc) is 3.05. The van der Waals surface area contributed by atoms with Crippen LogP contribution in [0.4, 0.5) is 5.69 Å². The van der Waals surface area contributed by atoms with E-state index in [9.17, 15) is 9.59 Å². The average molecular weight is 417 g/mol. The van der Waals surface area contributed by atoms with Gasteiger partial charge in [-0.15, -0.1) is 11.8 Å². The topological polar surface area (TPSA) is 78.7 Å². The van der Waals surface area contributed by atoms with Gasteiger partial charge in [-0.1, -0.05) is 11.2 Å². The van der Waals surface area contributed by atoms with Crippen LogP contribution < -0.4 is 5.32 Å². The van der Waals surface area contributed by atoms with Crippen LogP contribution in [0.3, 0.4) is 0 Å². The van der Waals surface area contributed by atoms with Gasteiger partial charge in [-0.25, -0.2) is 0 Å². The highest BCUT2D eigenvalue weighted by molar-refractivity contribution is 7.98. The van der Waals surface area contributed by atoms with Crippen molar-refractivity contribution >= 4 is 29.3 Å². The number of aromatic nitrogens is 1. The Morgan fingerprint density at radius 2 is 1.97 bits per heavy atom. The summed E-state index contributed by atoms with van der Waals surface area (Å²) in [6, 6.07) is 7.57. The summed E-state index contributed by atoms with van der Waals surface area (Å²) in [5.41, 5.74) is 2.45. The van der Waals surface area contributed by atoms with E-state index in [0.717, 1.165) is 21.8 Å². The number of anilines is 1. The molecule has 1 unspecified atom stereocenters. The number of piperazine rings is 1. The maximum Gasteiger partial charge on any atom is 0.241 e. The molecule has 0 aliphatic carbocycles. The number of nitrogens with zero attached hydrogens (tertiary/aromatic N) is 3. The molecule has 156 valence electrons. The number of aryl methyl sites for hydroxylation is 2. The largest absolute Gasteiger partial charge is 0.361 e. The zero-order valence-corrected chi connectivity index (χ0v) is 18.2. The Hall–Kier alpha value is -2.32. The maximum atomic E-state index is 12.7. The van der Waals surface area contributed by atoms with Gasteiger partial charge >= 0.3 is 0 Å². The lowest BCUT2D eigenvalue weighted by molar-refractivity contribution is -0.133. The predicted molar refractivity (Wildman–Crippen MR) is 114 cm³/mol. The molecule has 2 aromatic rings. The van der Waals surface area contributed by atoms with Gasteiger partial charge in [-0.05, 0) is 45.2 Å². The summed E-state index contributed by atoms with van der Waals surface area (Å²) in [5.74, 6) is 0.745. The second-order valence-corrected chi connectivity index (χ2v) is 8.17. The van der Waals surface area contributed by atoms with Crippen molar-refractivity contribution in [3.8, 4) is 0 Å². The molecule has 0 spiro atoms. The third-order valence-electron chi connectivity index (χ3n) is 5.44. The number of thioether (sulfide) groups is 1. The highest BCUT2D eigenvalue weighted by Gasteiger charge is 2.28. The molecule has 2 heterocycles. The van der Waals surface area contributed by atoms with E-state index >= 15 is 0 Å². The normalized spacial score (nSPS) is 15.9. The van der Waals surface area contributed by atoms with Gasteiger partial charge in [0, 0.05) is 42.3 Å². The lowest BCUT2D eigenvalue weighted by Crippen LogP contribution is -2.54. The van der Waals surface area contributed by atoms with Crippen LogP contribution in [0.5, 0.6) is 0 Å². The van der Waals surface area contributed by atoms with Crippen LogP contribution in [-0.4, -0.2) is 65.2 Å². The van der Waals surface area contributed by atoms with Gasteiger partial charge < -0.3 is 14.7 Å². The molecule has 1 aromatic heterocycles. The van der Waals surface area contributed by atoms with Gasteiger partial charge in [0.15, 0.2) is 0 Å². The predicted octanol–water partition coefficient (Wildman–Crippen LogP) is 2.73. The molecule has 1 atom stereocenters. The lowest BCUT2D eigenvalue weighted by atomic mass is 10.1. The van der Waals surface area contributed by atoms with Gasteiger partial charge in [-0.2, -0.15) is 0 Å². The molecular weight excluding hydrogens is 388 g/mol. The highest BCUT2D eigenvalue weighted by atomic mass is 32.2. The third kappa shape index (κ3) is 5.19. The molecule has 8 heteroatoms. The van der Waals surface area contributed by atoms with Crippen molar-refractivity contribution in [2.24, 2.45) is 0 Å². The van der Waals surface area contributed by atoms with Crippen molar-refractivity contribution in [3.05, 3.63) is 41.3 Å². The maximum absolute atomic E-state index is 12.7. The number of amides is 2. The van der Waals surface area contributed by atoms with Crippen LogP contribution in [0.2, 0.25) is 0 Å². The van der Waals surface area contributed by atoms with E-state index in [2.05, 4.69) is 15.4 Å². The fraction of sp³-hybridized carbons (Fsp3) is 0.476. The number of carbonyl (C=O) groups is 2. The molecule has 0 bridgehead atoms. The van der Waals surface area contributed by atoms with Crippen LogP contribution >= 0.6 is 11.8 Å². The summed E-state index contributed by atoms with van der Waals surface area (Å²) in [6.07, 6.45) is 2.32. The number of carbonyl (C=O) groups excluding carboxylic acids is 2. The number of nitrogens with one attached hydrogen (secondary N) is 1. The van der Waals surface area contributed by atoms with Crippen LogP contribution in [-0.2, 0) is 16.0 Å². The Morgan fingerprint density at radius 3 is 2.59 bits per heavy atom. The molecule has 29 heavy (non-hydrogen) atoms. The summed E-state index contributed by atoms with van der Waals surface area (Å²) < 4.78 is 5.15. The first-order valence-electron chi connectivity index (χ1n) is 9.77. The molecule has 1 saturated heterocycles. The van der Waals surface area contributed by atoms with Crippen molar-refractivity contribution in [3.63, 3.8) is 0 Å². The summed E-state index contributed by atoms with van der Waals surface area (Å²) in [6.45, 7) is 8.17. The van der Waals surface area contributed by atoms with E-state index in [1.54, 1.807) is 11.8 Å². The Labute approximate surface area is 175 Å². The highest BCUT2D eigenvalue weighted by Crippen LogP contribution is 2.20. The SMILES string of the molecule is CSc1cccc(NC(=O)C(C)N2CCN(C(=O)Cc3c(C)noc3C)CC2)c1. The number of hydrogen-bond acceptors (Lipinski definition) is 6. The van der Waals surface area contributed by atoms with Crippen LogP contribution in [0.1, 0.15) is 23.9 Å². The van der Waals surface area contributed by atoms with E-state index in [0.29, 0.717) is 38.4 Å². The molecule has 1 N–H and O–H groups in total. The van der Waals surface area contributed by atoms with E-state index in [-0.39, 0.29) is 17.9 Å². The molecule has 1 fully saturated rings. The third-order valence-corrected chi connectivity index (χ3v) is 6.17. The molecule has 0 saturated carbocycles. The lowest BCUT2D eigenvalue weighted by Gasteiger charge is -2.37. The quantitative estimate of drug-likeness (QED) is 0.730. The Bertz CT molecular complexity index is 855. The minimum absolute atomic E-state index is 0.0289. The Balaban J connectivity index is 1.51. The minimum Gasteiger partial charge on any atom is -0.361 e. The molecule has 3 rings (SSSR count). The fourth-order valence-electron chi connectivity index (χ4n) is 3.49. The monoisotopic (exact) mass is 416 g/mol. The van der Waals surface area contributed by atoms with E-state index in [1.807, 2.05) is 56.2 Å². The molecule has 7 nitrogen and oxygen atoms in total. The smallest absolute Gasteiger partial charge is 0.241 e. The van der Waals surface area contributed by atoms with Gasteiger partial charge in [0.25, 0.3) is 0 Å². The second kappa shape index (κ2) is 9.45. The first kappa shape index (κ1) is 21.4. The minimum atomic E-state index is -0.257. The van der Waals surface area contributed by atoms with Gasteiger partial charge in [0.05, 0.1) is 18.2 Å². The van der Waals surface area contributed by atoms with Crippen molar-refractivity contribution in [1.29, 1.82) is 0 Å². The van der Waals surface area contributed by atoms with Crippen molar-refractivity contribution in [2.75, 3.05) is 37.8 Å². The summed E-state index contributed by atoms with van der Waals surface area (Å²) in [7, 11) is 0. The summed E-state index contributed by atoms with van der Waals surface area (Å²) >= 11 is 1.64. The number of hydrogen-bond donors (Lipinski definition) is 1. The number of rotatable bonds is 6. The van der Waals surface area contributed by atoms with Crippen molar-refractivity contribution in [1.82, 2.24) is 15.0 Å². The molecule has 1 aliphatic heterocycles. The fourth-order valence-corrected chi connectivity index (χ4v) is 3.95. The van der Waals surface area contributed by atoms with Crippen LogP contribution in [0.25, 0.3) is 0 Å². The van der Waals surface area contributed by atoms with E-state index in [1.165, 1.54) is 0 Å². The first-order chi connectivity index (χ1) is 13.9. The molecule has 1 aliphatic rings. The van der Waals surface area contributed by atoms with E-state index in [4.69, 9.17) is 4.52 Å². The van der Waals surface area contributed by atoms with Crippen molar-refractivity contribution < 1.29 is 14.1 Å². The molecular formula is C21H28N4O3S. The van der Waals surface area contributed by atoms with Crippen LogP contribution in [0.15, 0.2) is 33.7 Å². The Morgan fingerprint density at radius 1 is 1.24 bits per heavy atom. The molecule has 2 amide bonds. The zero-order chi connectivity index (χ0) is 21.0. The van der Waals surface area contributed by atoms with Gasteiger partial charge in [-0.3, -0.25) is 14.5 Å². The standard InChI is InChI=1S/C21H28N4O3S/c1-14-19(16(3)28-23-14)13-20(26)25-10-8-24(9-11-25)15(2)21(27)22-17-6-5-7-18(12-17)29-4/h5-7,12,15H,8-11,13H2,1-4H3,(H,22,27). The summed E-state index contributed by atoms with van der Waals surface area (Å²) in [5, 5.41) is 6.91. The molecule has 1 aromatic carbocycles. The number of benzene rings is 1. The van der Waals surface area contributed by atoms with Gasteiger partial charge in [0.2, 0.25) is 11.8 Å². The zero-order valence-electron chi connectivity index (χ0n) is 17.4. The Kier molecular flexibility index (Phi) is 6.97. The molecule has 0 radical (unpaired) electrons. The van der Waals surface area contributed by atoms with Gasteiger partial charge in [0.1, 0.15) is 5.76 Å². The first-order valence-corrected chi connectivity index (χ1v) is 11.0. The summed E-state index contributed by atoms with van der Waals surface area (Å²) in [4.78, 5) is 30.4. The second-order valence-electron chi connectivity index (χ2n) is 7.29. The van der Waals surface area contributed by atoms with Crippen molar-refractivity contribution in [2.45, 2.75) is 38.1 Å². The van der Waals surface area contributed by atoms with Crippen LogP contribution in [0, 0.1) is 13.8 Å². The van der Waals surface area contributed by atoms with E-state index < -0.39 is 0 Å².